The second-order valence-corrected chi connectivity index (χ2v) is 5.65. The van der Waals surface area contributed by atoms with E-state index in [1.54, 1.807) is 7.11 Å². The molecule has 3 nitrogen and oxygen atoms in total. The molecule has 0 aliphatic carbocycles. The number of halogens is 1. The van der Waals surface area contributed by atoms with Crippen molar-refractivity contribution in [3.05, 3.63) is 28.2 Å². The van der Waals surface area contributed by atoms with Crippen LogP contribution in [-0.4, -0.2) is 31.6 Å². The SMILES string of the molecule is COc1ccc(Br)cc1C(CN)N1CCCCC1. The second kappa shape index (κ2) is 6.55. The van der Waals surface area contributed by atoms with Gasteiger partial charge in [0.05, 0.1) is 13.2 Å². The van der Waals surface area contributed by atoms with E-state index in [-0.39, 0.29) is 6.04 Å². The maximum absolute atomic E-state index is 6.00. The molecule has 0 radical (unpaired) electrons. The van der Waals surface area contributed by atoms with Crippen LogP contribution >= 0.6 is 15.9 Å². The third-order valence-electron chi connectivity index (χ3n) is 3.61. The highest BCUT2D eigenvalue weighted by Gasteiger charge is 2.23. The van der Waals surface area contributed by atoms with E-state index in [1.807, 2.05) is 12.1 Å². The minimum absolute atomic E-state index is 0.262. The summed E-state index contributed by atoms with van der Waals surface area (Å²) in [7, 11) is 1.72. The van der Waals surface area contributed by atoms with Gasteiger partial charge in [-0.05, 0) is 44.1 Å². The number of hydrogen-bond donors (Lipinski definition) is 1. The molecule has 0 spiro atoms. The normalized spacial score (nSPS) is 18.6. The summed E-state index contributed by atoms with van der Waals surface area (Å²) in [6, 6.07) is 6.40. The lowest BCUT2D eigenvalue weighted by molar-refractivity contribution is 0.165. The number of nitrogens with zero attached hydrogens (tertiary/aromatic N) is 1. The fraction of sp³-hybridized carbons (Fsp3) is 0.571. The minimum atomic E-state index is 0.262. The molecule has 1 heterocycles. The zero-order valence-corrected chi connectivity index (χ0v) is 12.4. The Hall–Kier alpha value is -0.580. The fourth-order valence-corrected chi connectivity index (χ4v) is 3.05. The first-order valence-electron chi connectivity index (χ1n) is 6.54. The number of ether oxygens (including phenoxy) is 1. The lowest BCUT2D eigenvalue weighted by Crippen LogP contribution is -2.37. The van der Waals surface area contributed by atoms with Crippen molar-refractivity contribution in [3.8, 4) is 5.75 Å². The number of rotatable bonds is 4. The Morgan fingerprint density at radius 1 is 1.33 bits per heavy atom. The van der Waals surface area contributed by atoms with Crippen molar-refractivity contribution < 1.29 is 4.74 Å². The van der Waals surface area contributed by atoms with Gasteiger partial charge in [0, 0.05) is 16.6 Å². The van der Waals surface area contributed by atoms with Gasteiger partial charge in [-0.2, -0.15) is 0 Å². The number of nitrogens with two attached hydrogens (primary N) is 1. The van der Waals surface area contributed by atoms with Crippen LogP contribution in [0.2, 0.25) is 0 Å². The van der Waals surface area contributed by atoms with Crippen LogP contribution in [0.15, 0.2) is 22.7 Å². The Labute approximate surface area is 117 Å². The van der Waals surface area contributed by atoms with Crippen LogP contribution in [-0.2, 0) is 0 Å². The maximum atomic E-state index is 6.00. The monoisotopic (exact) mass is 312 g/mol. The summed E-state index contributed by atoms with van der Waals surface area (Å²) >= 11 is 3.53. The van der Waals surface area contributed by atoms with Crippen LogP contribution in [0.5, 0.6) is 5.75 Å². The molecule has 1 aliphatic heterocycles. The summed E-state index contributed by atoms with van der Waals surface area (Å²) < 4.78 is 6.55. The van der Waals surface area contributed by atoms with Crippen molar-refractivity contribution in [3.63, 3.8) is 0 Å². The Morgan fingerprint density at radius 3 is 2.67 bits per heavy atom. The van der Waals surface area contributed by atoms with E-state index in [4.69, 9.17) is 10.5 Å². The highest BCUT2D eigenvalue weighted by atomic mass is 79.9. The van der Waals surface area contributed by atoms with Crippen LogP contribution in [0, 0.1) is 0 Å². The molecule has 1 aromatic rings. The molecule has 1 atom stereocenters. The minimum Gasteiger partial charge on any atom is -0.496 e. The van der Waals surface area contributed by atoms with Crippen molar-refractivity contribution >= 4 is 15.9 Å². The van der Waals surface area contributed by atoms with Crippen molar-refractivity contribution in [1.82, 2.24) is 4.90 Å². The zero-order valence-electron chi connectivity index (χ0n) is 10.9. The van der Waals surface area contributed by atoms with Gasteiger partial charge in [-0.25, -0.2) is 0 Å². The quantitative estimate of drug-likeness (QED) is 0.929. The number of likely N-dealkylation sites (tertiary alicyclic amines) is 1. The summed E-state index contributed by atoms with van der Waals surface area (Å²) in [4.78, 5) is 2.48. The first-order valence-corrected chi connectivity index (χ1v) is 7.33. The van der Waals surface area contributed by atoms with Crippen LogP contribution < -0.4 is 10.5 Å². The molecular formula is C14H21BrN2O. The predicted octanol–water partition coefficient (Wildman–Crippen LogP) is 2.94. The van der Waals surface area contributed by atoms with Gasteiger partial charge in [0.25, 0.3) is 0 Å². The lowest BCUT2D eigenvalue weighted by Gasteiger charge is -2.34. The molecule has 1 saturated heterocycles. The van der Waals surface area contributed by atoms with E-state index >= 15 is 0 Å². The van der Waals surface area contributed by atoms with Gasteiger partial charge in [-0.1, -0.05) is 22.4 Å². The van der Waals surface area contributed by atoms with Crippen molar-refractivity contribution in [1.29, 1.82) is 0 Å². The van der Waals surface area contributed by atoms with Gasteiger partial charge in [0.1, 0.15) is 5.75 Å². The Kier molecular flexibility index (Phi) is 5.03. The largest absolute Gasteiger partial charge is 0.496 e. The number of benzene rings is 1. The molecular weight excluding hydrogens is 292 g/mol. The lowest BCUT2D eigenvalue weighted by atomic mass is 10.0. The first-order chi connectivity index (χ1) is 8.76. The molecule has 0 amide bonds. The molecule has 0 bridgehead atoms. The van der Waals surface area contributed by atoms with Crippen LogP contribution in [0.4, 0.5) is 0 Å². The van der Waals surface area contributed by atoms with Gasteiger partial charge in [-0.3, -0.25) is 4.90 Å². The van der Waals surface area contributed by atoms with E-state index < -0.39 is 0 Å². The van der Waals surface area contributed by atoms with Gasteiger partial charge < -0.3 is 10.5 Å². The topological polar surface area (TPSA) is 38.5 Å². The number of piperidine rings is 1. The second-order valence-electron chi connectivity index (χ2n) is 4.73. The summed E-state index contributed by atoms with van der Waals surface area (Å²) in [6.07, 6.45) is 3.88. The predicted molar refractivity (Wildman–Crippen MR) is 77.9 cm³/mol. The molecule has 0 saturated carbocycles. The number of methoxy groups -OCH3 is 1. The van der Waals surface area contributed by atoms with Crippen molar-refractivity contribution in [2.24, 2.45) is 5.73 Å². The van der Waals surface area contributed by atoms with Crippen LogP contribution in [0.25, 0.3) is 0 Å². The van der Waals surface area contributed by atoms with Crippen LogP contribution in [0.1, 0.15) is 30.9 Å². The van der Waals surface area contributed by atoms with Crippen LogP contribution in [0.3, 0.4) is 0 Å². The van der Waals surface area contributed by atoms with E-state index in [2.05, 4.69) is 26.9 Å². The van der Waals surface area contributed by atoms with Gasteiger partial charge >= 0.3 is 0 Å². The zero-order chi connectivity index (χ0) is 13.0. The molecule has 2 N–H and O–H groups in total. The molecule has 1 aliphatic rings. The molecule has 1 fully saturated rings. The van der Waals surface area contributed by atoms with E-state index in [0.717, 1.165) is 23.3 Å². The van der Waals surface area contributed by atoms with Crippen molar-refractivity contribution in [2.45, 2.75) is 25.3 Å². The van der Waals surface area contributed by atoms with E-state index in [0.29, 0.717) is 6.54 Å². The average Bonchev–Trinajstić information content (AvgIpc) is 2.41. The Bertz CT molecular complexity index is 391. The third kappa shape index (κ3) is 3.05. The molecule has 4 heteroatoms. The van der Waals surface area contributed by atoms with Gasteiger partial charge in [0.2, 0.25) is 0 Å². The fourth-order valence-electron chi connectivity index (χ4n) is 2.67. The maximum Gasteiger partial charge on any atom is 0.123 e. The first kappa shape index (κ1) is 13.8. The highest BCUT2D eigenvalue weighted by molar-refractivity contribution is 9.10. The third-order valence-corrected chi connectivity index (χ3v) is 4.10. The van der Waals surface area contributed by atoms with E-state index in [9.17, 15) is 0 Å². The molecule has 18 heavy (non-hydrogen) atoms. The summed E-state index contributed by atoms with van der Waals surface area (Å²) in [6.45, 7) is 2.90. The summed E-state index contributed by atoms with van der Waals surface area (Å²) in [5.41, 5.74) is 7.19. The smallest absolute Gasteiger partial charge is 0.123 e. The Morgan fingerprint density at radius 2 is 2.06 bits per heavy atom. The highest BCUT2D eigenvalue weighted by Crippen LogP contribution is 2.32. The summed E-state index contributed by atoms with van der Waals surface area (Å²) in [5.74, 6) is 0.930. The molecule has 1 unspecified atom stereocenters. The van der Waals surface area contributed by atoms with E-state index in [1.165, 1.54) is 24.8 Å². The van der Waals surface area contributed by atoms with Gasteiger partial charge in [0.15, 0.2) is 0 Å². The molecule has 0 aromatic heterocycles. The van der Waals surface area contributed by atoms with Gasteiger partial charge in [-0.15, -0.1) is 0 Å². The average molecular weight is 313 g/mol. The standard InChI is InChI=1S/C14H21BrN2O/c1-18-14-6-5-11(15)9-12(14)13(10-16)17-7-3-2-4-8-17/h5-6,9,13H,2-4,7-8,10,16H2,1H3. The Balaban J connectivity index is 2.27. The number of hydrogen-bond acceptors (Lipinski definition) is 3. The summed E-state index contributed by atoms with van der Waals surface area (Å²) in [5, 5.41) is 0. The molecule has 2 rings (SSSR count). The van der Waals surface area contributed by atoms with Crippen molar-refractivity contribution in [2.75, 3.05) is 26.7 Å². The molecule has 100 valence electrons. The molecule has 1 aromatic carbocycles.